The normalized spacial score (nSPS) is 10.3. The third kappa shape index (κ3) is 4.62. The minimum Gasteiger partial charge on any atom is -0.497 e. The number of rotatable bonds is 6. The van der Waals surface area contributed by atoms with Crippen molar-refractivity contribution < 1.29 is 19.0 Å². The van der Waals surface area contributed by atoms with Crippen molar-refractivity contribution in [2.24, 2.45) is 0 Å². The first kappa shape index (κ1) is 19.1. The highest BCUT2D eigenvalue weighted by molar-refractivity contribution is 5.91. The van der Waals surface area contributed by atoms with Gasteiger partial charge in [-0.05, 0) is 66.7 Å². The molecule has 0 aliphatic carbocycles. The Bertz CT molecular complexity index is 1110. The van der Waals surface area contributed by atoms with Crippen LogP contribution in [0.15, 0.2) is 91.0 Å². The number of para-hydroxylation sites is 1. The number of hydrogen-bond donors (Lipinski definition) is 0. The average Bonchev–Trinajstić information content (AvgIpc) is 2.81. The predicted octanol–water partition coefficient (Wildman–Crippen LogP) is 5.16. The molecule has 0 N–H and O–H groups in total. The van der Waals surface area contributed by atoms with Gasteiger partial charge in [0, 0.05) is 11.6 Å². The van der Waals surface area contributed by atoms with Gasteiger partial charge in [0.2, 0.25) is 5.88 Å². The van der Waals surface area contributed by atoms with Gasteiger partial charge in [-0.25, -0.2) is 4.79 Å². The maximum absolute atomic E-state index is 12.2. The van der Waals surface area contributed by atoms with E-state index in [9.17, 15) is 4.79 Å². The summed E-state index contributed by atoms with van der Waals surface area (Å²) < 4.78 is 16.1. The lowest BCUT2D eigenvalue weighted by atomic mass is 10.1. The summed E-state index contributed by atoms with van der Waals surface area (Å²) >= 11 is 0. The smallest absolute Gasteiger partial charge is 0.344 e. The minimum absolute atomic E-state index is 0.128. The van der Waals surface area contributed by atoms with E-state index in [4.69, 9.17) is 14.2 Å². The van der Waals surface area contributed by atoms with Gasteiger partial charge in [0.15, 0.2) is 0 Å². The van der Waals surface area contributed by atoms with Crippen molar-refractivity contribution in [3.05, 3.63) is 96.6 Å². The number of nitrogens with zero attached hydrogens (tertiary/aromatic N) is 2. The van der Waals surface area contributed by atoms with E-state index in [1.807, 2.05) is 54.6 Å². The fraction of sp³-hybridized carbons (Fsp3) is 0.0417. The molecule has 0 atom stereocenters. The van der Waals surface area contributed by atoms with Crippen LogP contribution in [0.1, 0.15) is 10.4 Å². The zero-order chi connectivity index (χ0) is 20.8. The van der Waals surface area contributed by atoms with Crippen molar-refractivity contribution >= 4 is 5.97 Å². The standard InChI is InChI=1S/C24H18N2O4/c1-28-19-11-9-18(10-12-19)24(27)30-23-16-15-22(25-26-23)17-7-13-21(14-8-17)29-20-5-3-2-4-6-20/h2-16H,1H3. The molecule has 1 aromatic heterocycles. The van der Waals surface area contributed by atoms with Crippen LogP contribution in [-0.2, 0) is 0 Å². The van der Waals surface area contributed by atoms with Crippen LogP contribution in [-0.4, -0.2) is 23.3 Å². The Morgan fingerprint density at radius 2 is 1.37 bits per heavy atom. The molecule has 0 aliphatic heterocycles. The maximum atomic E-state index is 12.2. The summed E-state index contributed by atoms with van der Waals surface area (Å²) in [5, 5.41) is 8.14. The van der Waals surface area contributed by atoms with Crippen LogP contribution in [0.25, 0.3) is 11.3 Å². The Labute approximate surface area is 173 Å². The van der Waals surface area contributed by atoms with E-state index in [2.05, 4.69) is 10.2 Å². The van der Waals surface area contributed by atoms with Crippen LogP contribution in [0.3, 0.4) is 0 Å². The Morgan fingerprint density at radius 3 is 2.00 bits per heavy atom. The minimum atomic E-state index is -0.512. The molecule has 6 nitrogen and oxygen atoms in total. The molecule has 0 fully saturated rings. The molecule has 0 aliphatic rings. The molecule has 0 radical (unpaired) electrons. The van der Waals surface area contributed by atoms with E-state index in [0.717, 1.165) is 17.1 Å². The molecular weight excluding hydrogens is 380 g/mol. The number of esters is 1. The van der Waals surface area contributed by atoms with Crippen molar-refractivity contribution in [3.63, 3.8) is 0 Å². The monoisotopic (exact) mass is 398 g/mol. The van der Waals surface area contributed by atoms with E-state index >= 15 is 0 Å². The molecule has 0 unspecified atom stereocenters. The molecule has 3 aromatic carbocycles. The fourth-order valence-electron chi connectivity index (χ4n) is 2.73. The zero-order valence-corrected chi connectivity index (χ0v) is 16.2. The lowest BCUT2D eigenvalue weighted by molar-refractivity contribution is 0.0726. The van der Waals surface area contributed by atoms with Gasteiger partial charge in [0.1, 0.15) is 17.2 Å². The van der Waals surface area contributed by atoms with Crippen molar-refractivity contribution in [1.82, 2.24) is 10.2 Å². The SMILES string of the molecule is COc1ccc(C(=O)Oc2ccc(-c3ccc(Oc4ccccc4)cc3)nn2)cc1. The summed E-state index contributed by atoms with van der Waals surface area (Å²) in [6.07, 6.45) is 0. The Balaban J connectivity index is 1.40. The highest BCUT2D eigenvalue weighted by Crippen LogP contribution is 2.25. The summed E-state index contributed by atoms with van der Waals surface area (Å²) in [5.41, 5.74) is 1.93. The van der Waals surface area contributed by atoms with E-state index in [1.165, 1.54) is 0 Å². The van der Waals surface area contributed by atoms with Crippen LogP contribution >= 0.6 is 0 Å². The first-order valence-electron chi connectivity index (χ1n) is 9.24. The topological polar surface area (TPSA) is 70.5 Å². The molecule has 4 rings (SSSR count). The largest absolute Gasteiger partial charge is 0.497 e. The number of aromatic nitrogens is 2. The second-order valence-corrected chi connectivity index (χ2v) is 6.31. The zero-order valence-electron chi connectivity index (χ0n) is 16.2. The van der Waals surface area contributed by atoms with Crippen molar-refractivity contribution in [3.8, 4) is 34.4 Å². The lowest BCUT2D eigenvalue weighted by Crippen LogP contribution is -2.09. The van der Waals surface area contributed by atoms with Crippen molar-refractivity contribution in [1.29, 1.82) is 0 Å². The molecule has 0 spiro atoms. The molecule has 0 bridgehead atoms. The Hall–Kier alpha value is -4.19. The lowest BCUT2D eigenvalue weighted by Gasteiger charge is -2.07. The van der Waals surface area contributed by atoms with E-state index in [-0.39, 0.29) is 5.88 Å². The van der Waals surface area contributed by atoms with Gasteiger partial charge in [-0.3, -0.25) is 0 Å². The summed E-state index contributed by atoms with van der Waals surface area (Å²) in [6.45, 7) is 0. The van der Waals surface area contributed by atoms with Gasteiger partial charge in [-0.2, -0.15) is 0 Å². The van der Waals surface area contributed by atoms with Crippen molar-refractivity contribution in [2.45, 2.75) is 0 Å². The fourth-order valence-corrected chi connectivity index (χ4v) is 2.73. The number of carbonyl (C=O) groups excluding carboxylic acids is 1. The van der Waals surface area contributed by atoms with Gasteiger partial charge in [-0.15, -0.1) is 10.2 Å². The number of hydrogen-bond acceptors (Lipinski definition) is 6. The van der Waals surface area contributed by atoms with Gasteiger partial charge in [0.25, 0.3) is 0 Å². The Kier molecular flexibility index (Phi) is 5.66. The van der Waals surface area contributed by atoms with Crippen LogP contribution in [0, 0.1) is 0 Å². The molecule has 0 amide bonds. The van der Waals surface area contributed by atoms with Gasteiger partial charge in [0.05, 0.1) is 18.4 Å². The third-order valence-corrected chi connectivity index (χ3v) is 4.29. The summed E-state index contributed by atoms with van der Waals surface area (Å²) in [4.78, 5) is 12.2. The molecule has 148 valence electrons. The summed E-state index contributed by atoms with van der Waals surface area (Å²) in [5.74, 6) is 1.78. The molecule has 4 aromatic rings. The van der Waals surface area contributed by atoms with E-state index < -0.39 is 5.97 Å². The van der Waals surface area contributed by atoms with Crippen LogP contribution in [0.5, 0.6) is 23.1 Å². The van der Waals surface area contributed by atoms with Crippen LogP contribution in [0.4, 0.5) is 0 Å². The van der Waals surface area contributed by atoms with Crippen LogP contribution in [0.2, 0.25) is 0 Å². The Morgan fingerprint density at radius 1 is 0.700 bits per heavy atom. The van der Waals surface area contributed by atoms with Crippen molar-refractivity contribution in [2.75, 3.05) is 7.11 Å². The average molecular weight is 398 g/mol. The van der Waals surface area contributed by atoms with Gasteiger partial charge < -0.3 is 14.2 Å². The highest BCUT2D eigenvalue weighted by atomic mass is 16.5. The molecule has 30 heavy (non-hydrogen) atoms. The number of benzene rings is 3. The summed E-state index contributed by atoms with van der Waals surface area (Å²) in [6, 6.07) is 27.1. The predicted molar refractivity (Wildman–Crippen MR) is 112 cm³/mol. The van der Waals surface area contributed by atoms with Gasteiger partial charge >= 0.3 is 5.97 Å². The third-order valence-electron chi connectivity index (χ3n) is 4.29. The number of carbonyl (C=O) groups is 1. The molecule has 6 heteroatoms. The molecule has 1 heterocycles. The molecular formula is C24H18N2O4. The second-order valence-electron chi connectivity index (χ2n) is 6.31. The number of ether oxygens (including phenoxy) is 3. The molecule has 0 saturated carbocycles. The second kappa shape index (κ2) is 8.87. The highest BCUT2D eigenvalue weighted by Gasteiger charge is 2.10. The quantitative estimate of drug-likeness (QED) is 0.418. The first-order chi connectivity index (χ1) is 14.7. The summed E-state index contributed by atoms with van der Waals surface area (Å²) in [7, 11) is 1.56. The maximum Gasteiger partial charge on any atom is 0.344 e. The molecule has 0 saturated heterocycles. The number of methoxy groups -OCH3 is 1. The van der Waals surface area contributed by atoms with Gasteiger partial charge in [-0.1, -0.05) is 18.2 Å². The van der Waals surface area contributed by atoms with Crippen LogP contribution < -0.4 is 14.2 Å². The first-order valence-corrected chi connectivity index (χ1v) is 9.24. The van der Waals surface area contributed by atoms with E-state index in [0.29, 0.717) is 17.0 Å². The van der Waals surface area contributed by atoms with E-state index in [1.54, 1.807) is 43.5 Å².